The molecule has 0 atom stereocenters. The predicted octanol–water partition coefficient (Wildman–Crippen LogP) is 8.84. The Labute approximate surface area is 285 Å². The summed E-state index contributed by atoms with van der Waals surface area (Å²) in [6.45, 7) is 0. The van der Waals surface area contributed by atoms with Gasteiger partial charge in [-0.3, -0.25) is 4.79 Å². The molecule has 0 saturated heterocycles. The quantitative estimate of drug-likeness (QED) is 0.151. The first kappa shape index (κ1) is 32.1. The van der Waals surface area contributed by atoms with Crippen LogP contribution >= 0.6 is 0 Å². The van der Waals surface area contributed by atoms with Gasteiger partial charge in [-0.2, -0.15) is 5.10 Å². The van der Waals surface area contributed by atoms with E-state index in [1.54, 1.807) is 6.07 Å². The van der Waals surface area contributed by atoms with Gasteiger partial charge in [-0.25, -0.2) is 22.6 Å². The lowest BCUT2D eigenvalue weighted by Crippen LogP contribution is -2.38. The number of carbonyl (C=O) groups is 2. The van der Waals surface area contributed by atoms with E-state index in [1.165, 1.54) is 12.1 Å². The largest absolute Gasteiger partial charge is 0.478 e. The van der Waals surface area contributed by atoms with E-state index < -0.39 is 40.4 Å². The van der Waals surface area contributed by atoms with E-state index in [-0.39, 0.29) is 17.8 Å². The molecule has 6 aromatic carbocycles. The molecule has 1 amide bonds. The van der Waals surface area contributed by atoms with Crippen LogP contribution in [0.5, 0.6) is 0 Å². The SMILES string of the molecule is O=C(O)c1ccc(F)c(C(=O)Nc2nn(C(c3ccccc3)(c3ccccc3)c3ccccc3)c3ccc(Cc4cc(F)cc(F)c4)cc23)c1. The number of anilines is 1. The minimum Gasteiger partial charge on any atom is -0.478 e. The molecular weight excluding hydrogens is 639 g/mol. The number of benzene rings is 6. The van der Waals surface area contributed by atoms with Crippen molar-refractivity contribution >= 4 is 28.6 Å². The molecule has 0 aliphatic rings. The van der Waals surface area contributed by atoms with Crippen LogP contribution in [0.15, 0.2) is 146 Å². The number of hydrogen-bond donors (Lipinski definition) is 2. The minimum atomic E-state index is -1.31. The maximum absolute atomic E-state index is 15.0. The van der Waals surface area contributed by atoms with Crippen molar-refractivity contribution in [2.75, 3.05) is 5.32 Å². The van der Waals surface area contributed by atoms with Gasteiger partial charge in [0.25, 0.3) is 5.91 Å². The number of carboxylic acid groups (broad SMARTS) is 1. The minimum absolute atomic E-state index is 0.0737. The first-order chi connectivity index (χ1) is 24.2. The van der Waals surface area contributed by atoms with Crippen molar-refractivity contribution < 1.29 is 27.9 Å². The fraction of sp³-hybridized carbons (Fsp3) is 0.0488. The number of aromatic carboxylic acids is 1. The van der Waals surface area contributed by atoms with E-state index in [0.717, 1.165) is 41.0 Å². The molecule has 0 aliphatic heterocycles. The van der Waals surface area contributed by atoms with Gasteiger partial charge >= 0.3 is 5.97 Å². The van der Waals surface area contributed by atoms with Gasteiger partial charge in [0.15, 0.2) is 5.82 Å². The number of fused-ring (bicyclic) bond motifs is 1. The Bertz CT molecular complexity index is 2240. The van der Waals surface area contributed by atoms with Gasteiger partial charge in [-0.05, 0) is 76.7 Å². The highest BCUT2D eigenvalue weighted by Gasteiger charge is 2.41. The third kappa shape index (κ3) is 5.90. The maximum Gasteiger partial charge on any atom is 0.335 e. The number of rotatable bonds is 9. The first-order valence-corrected chi connectivity index (χ1v) is 15.7. The number of carbonyl (C=O) groups excluding carboxylic acids is 1. The molecule has 1 aromatic heterocycles. The third-order valence-electron chi connectivity index (χ3n) is 8.66. The zero-order valence-corrected chi connectivity index (χ0v) is 26.4. The van der Waals surface area contributed by atoms with Crippen LogP contribution in [-0.4, -0.2) is 26.8 Å². The molecule has 6 nitrogen and oxygen atoms in total. The normalized spacial score (nSPS) is 11.4. The van der Waals surface area contributed by atoms with Gasteiger partial charge in [0.2, 0.25) is 0 Å². The Hall–Kier alpha value is -6.48. The fourth-order valence-electron chi connectivity index (χ4n) is 6.48. The molecule has 50 heavy (non-hydrogen) atoms. The molecule has 0 aliphatic carbocycles. The topological polar surface area (TPSA) is 84.2 Å². The van der Waals surface area contributed by atoms with Crippen LogP contribution in [0.25, 0.3) is 10.9 Å². The van der Waals surface area contributed by atoms with Gasteiger partial charge in [0.1, 0.15) is 23.0 Å². The van der Waals surface area contributed by atoms with Crippen molar-refractivity contribution in [3.05, 3.63) is 202 Å². The Morgan fingerprint density at radius 2 is 1.22 bits per heavy atom. The molecule has 0 radical (unpaired) electrons. The summed E-state index contributed by atoms with van der Waals surface area (Å²) in [4.78, 5) is 25.3. The van der Waals surface area contributed by atoms with E-state index in [0.29, 0.717) is 22.0 Å². The Morgan fingerprint density at radius 1 is 0.660 bits per heavy atom. The molecule has 0 unspecified atom stereocenters. The average molecular weight is 668 g/mol. The second-order valence-electron chi connectivity index (χ2n) is 11.8. The Kier molecular flexibility index (Phi) is 8.47. The van der Waals surface area contributed by atoms with Gasteiger partial charge < -0.3 is 10.4 Å². The lowest BCUT2D eigenvalue weighted by molar-refractivity contribution is 0.0696. The summed E-state index contributed by atoms with van der Waals surface area (Å²) in [5.74, 6) is -4.46. The molecule has 7 rings (SSSR count). The van der Waals surface area contributed by atoms with E-state index in [2.05, 4.69) is 5.32 Å². The molecule has 1 heterocycles. The monoisotopic (exact) mass is 667 g/mol. The lowest BCUT2D eigenvalue weighted by Gasteiger charge is -2.37. The van der Waals surface area contributed by atoms with E-state index in [9.17, 15) is 27.9 Å². The summed E-state index contributed by atoms with van der Waals surface area (Å²) in [6, 6.07) is 41.0. The van der Waals surface area contributed by atoms with Crippen LogP contribution in [0.2, 0.25) is 0 Å². The highest BCUT2D eigenvalue weighted by Crippen LogP contribution is 2.43. The second-order valence-corrected chi connectivity index (χ2v) is 11.8. The second kappa shape index (κ2) is 13.2. The van der Waals surface area contributed by atoms with E-state index >= 15 is 0 Å². The molecule has 7 aromatic rings. The van der Waals surface area contributed by atoms with Crippen molar-refractivity contribution in [1.29, 1.82) is 0 Å². The molecule has 0 bridgehead atoms. The average Bonchev–Trinajstić information content (AvgIpc) is 3.47. The van der Waals surface area contributed by atoms with Gasteiger partial charge in [0.05, 0.1) is 16.6 Å². The van der Waals surface area contributed by atoms with Gasteiger partial charge in [-0.15, -0.1) is 0 Å². The van der Waals surface area contributed by atoms with Gasteiger partial charge in [0, 0.05) is 11.5 Å². The summed E-state index contributed by atoms with van der Waals surface area (Å²) >= 11 is 0. The van der Waals surface area contributed by atoms with Crippen molar-refractivity contribution in [2.24, 2.45) is 0 Å². The summed E-state index contributed by atoms with van der Waals surface area (Å²) in [5, 5.41) is 17.8. The maximum atomic E-state index is 15.0. The van der Waals surface area contributed by atoms with Crippen LogP contribution in [0.1, 0.15) is 48.5 Å². The predicted molar refractivity (Wildman–Crippen MR) is 185 cm³/mol. The number of aromatic nitrogens is 2. The lowest BCUT2D eigenvalue weighted by atomic mass is 9.77. The number of halogens is 3. The molecule has 0 fully saturated rings. The zero-order valence-electron chi connectivity index (χ0n) is 26.4. The van der Waals surface area contributed by atoms with Crippen molar-refractivity contribution in [3.8, 4) is 0 Å². The molecule has 246 valence electrons. The number of hydrogen-bond acceptors (Lipinski definition) is 3. The van der Waals surface area contributed by atoms with Crippen LogP contribution in [-0.2, 0) is 12.0 Å². The molecule has 0 spiro atoms. The van der Waals surface area contributed by atoms with Crippen LogP contribution in [0, 0.1) is 17.5 Å². The Morgan fingerprint density at radius 3 is 1.76 bits per heavy atom. The van der Waals surface area contributed by atoms with Gasteiger partial charge in [-0.1, -0.05) is 97.1 Å². The summed E-state index contributed by atoms with van der Waals surface area (Å²) in [7, 11) is 0. The molecule has 0 saturated carbocycles. The van der Waals surface area contributed by atoms with Crippen LogP contribution in [0.3, 0.4) is 0 Å². The highest BCUT2D eigenvalue weighted by atomic mass is 19.1. The van der Waals surface area contributed by atoms with E-state index in [4.69, 9.17) is 5.10 Å². The first-order valence-electron chi connectivity index (χ1n) is 15.7. The number of amides is 1. The standard InChI is InChI=1S/C41H28F3N3O3/c42-32-21-27(22-33(43)25-32)20-26-16-19-37-35(23-26)38(45-39(48)34-24-28(40(49)50)17-18-36(34)44)46-47(37)41(29-10-4-1-5-11-29,30-12-6-2-7-13-30)31-14-8-3-9-15-31/h1-19,21-25H,20H2,(H,49,50)(H,45,46,48). The molecule has 9 heteroatoms. The summed E-state index contributed by atoms with van der Waals surface area (Å²) in [5.41, 5.74) is 2.42. The highest BCUT2D eigenvalue weighted by molar-refractivity contribution is 6.09. The van der Waals surface area contributed by atoms with Crippen LogP contribution < -0.4 is 5.32 Å². The zero-order chi connectivity index (χ0) is 34.8. The van der Waals surface area contributed by atoms with E-state index in [1.807, 2.05) is 108 Å². The number of nitrogens with zero attached hydrogens (tertiary/aromatic N) is 2. The van der Waals surface area contributed by atoms with Crippen LogP contribution in [0.4, 0.5) is 19.0 Å². The molecule has 2 N–H and O–H groups in total. The third-order valence-corrected chi connectivity index (χ3v) is 8.66. The van der Waals surface area contributed by atoms with Crippen molar-refractivity contribution in [1.82, 2.24) is 9.78 Å². The fourth-order valence-corrected chi connectivity index (χ4v) is 6.48. The Balaban J connectivity index is 1.49. The smallest absolute Gasteiger partial charge is 0.335 e. The summed E-state index contributed by atoms with van der Waals surface area (Å²) in [6.07, 6.45) is 0.166. The summed E-state index contributed by atoms with van der Waals surface area (Å²) < 4.78 is 45.0. The molecular formula is C41H28F3N3O3. The van der Waals surface area contributed by atoms with Crippen molar-refractivity contribution in [3.63, 3.8) is 0 Å². The van der Waals surface area contributed by atoms with Crippen molar-refractivity contribution in [2.45, 2.75) is 12.0 Å². The number of nitrogens with one attached hydrogen (secondary N) is 1. The number of carboxylic acids is 1.